The normalized spacial score (nSPS) is 18.3. The molecule has 3 aromatic rings. The van der Waals surface area contributed by atoms with Gasteiger partial charge in [-0.05, 0) is 36.8 Å². The second-order valence-corrected chi connectivity index (χ2v) is 9.04. The summed E-state index contributed by atoms with van der Waals surface area (Å²) >= 11 is 0. The fourth-order valence-corrected chi connectivity index (χ4v) is 5.01. The number of methoxy groups -OCH3 is 1. The lowest BCUT2D eigenvalue weighted by atomic mass is 10.1. The zero-order valence-electron chi connectivity index (χ0n) is 19.9. The van der Waals surface area contributed by atoms with E-state index in [1.54, 1.807) is 24.3 Å². The number of carbonyl (C=O) groups excluding carboxylic acids is 3. The Morgan fingerprint density at radius 2 is 1.71 bits per heavy atom. The van der Waals surface area contributed by atoms with Gasteiger partial charge in [0.1, 0.15) is 5.82 Å². The third kappa shape index (κ3) is 4.32. The molecule has 180 valence electrons. The summed E-state index contributed by atoms with van der Waals surface area (Å²) in [6.07, 6.45) is 0.139. The van der Waals surface area contributed by atoms with Crippen molar-refractivity contribution in [3.05, 3.63) is 65.7 Å². The van der Waals surface area contributed by atoms with Gasteiger partial charge in [-0.25, -0.2) is 9.78 Å². The monoisotopic (exact) mass is 472 g/mol. The molecular formula is C27H28N4O4. The van der Waals surface area contributed by atoms with Crippen LogP contribution in [0.5, 0.6) is 0 Å². The number of nitrogens with zero attached hydrogens (tertiary/aromatic N) is 4. The molecule has 35 heavy (non-hydrogen) atoms. The van der Waals surface area contributed by atoms with E-state index in [2.05, 4.69) is 24.0 Å². The first-order valence-corrected chi connectivity index (χ1v) is 11.8. The summed E-state index contributed by atoms with van der Waals surface area (Å²) in [5.41, 5.74) is 2.96. The first-order chi connectivity index (χ1) is 17.0. The average Bonchev–Trinajstić information content (AvgIpc) is 3.29. The van der Waals surface area contributed by atoms with Crippen molar-refractivity contribution in [2.45, 2.75) is 13.3 Å². The lowest BCUT2D eigenvalue weighted by molar-refractivity contribution is -0.136. The molecule has 2 fully saturated rings. The van der Waals surface area contributed by atoms with Crippen LogP contribution < -0.4 is 9.80 Å². The number of hydrogen-bond donors (Lipinski definition) is 0. The highest BCUT2D eigenvalue weighted by Gasteiger charge is 2.39. The quantitative estimate of drug-likeness (QED) is 0.543. The van der Waals surface area contributed by atoms with E-state index in [0.29, 0.717) is 37.4 Å². The van der Waals surface area contributed by atoms with Crippen LogP contribution in [0.3, 0.4) is 0 Å². The fraction of sp³-hybridized carbons (Fsp3) is 0.333. The molecule has 2 amide bonds. The molecule has 0 aliphatic carbocycles. The predicted octanol–water partition coefficient (Wildman–Crippen LogP) is 3.03. The molecule has 0 spiro atoms. The van der Waals surface area contributed by atoms with Gasteiger partial charge >= 0.3 is 5.97 Å². The molecule has 0 radical (unpaired) electrons. The van der Waals surface area contributed by atoms with Crippen LogP contribution >= 0.6 is 0 Å². The molecule has 0 N–H and O–H groups in total. The first kappa shape index (κ1) is 22.8. The van der Waals surface area contributed by atoms with Gasteiger partial charge in [0.15, 0.2) is 0 Å². The second-order valence-electron chi connectivity index (χ2n) is 9.04. The van der Waals surface area contributed by atoms with E-state index in [1.165, 1.54) is 17.6 Å². The third-order valence-corrected chi connectivity index (χ3v) is 6.90. The molecule has 3 heterocycles. The fourth-order valence-electron chi connectivity index (χ4n) is 5.01. The highest BCUT2D eigenvalue weighted by molar-refractivity contribution is 6.05. The van der Waals surface area contributed by atoms with Crippen molar-refractivity contribution >= 4 is 40.2 Å². The number of piperazine rings is 1. The lowest BCUT2D eigenvalue weighted by Crippen LogP contribution is -2.51. The Bertz CT molecular complexity index is 1300. The summed E-state index contributed by atoms with van der Waals surface area (Å²) in [6, 6.07) is 17.1. The number of benzene rings is 2. The number of rotatable bonds is 4. The second kappa shape index (κ2) is 9.37. The summed E-state index contributed by atoms with van der Waals surface area (Å²) < 4.78 is 4.86. The van der Waals surface area contributed by atoms with Crippen molar-refractivity contribution in [1.82, 2.24) is 9.88 Å². The zero-order chi connectivity index (χ0) is 24.5. The topological polar surface area (TPSA) is 83.1 Å². The molecule has 0 saturated carbocycles. The van der Waals surface area contributed by atoms with Crippen LogP contribution in [0.1, 0.15) is 22.3 Å². The highest BCUT2D eigenvalue weighted by atomic mass is 16.5. The van der Waals surface area contributed by atoms with E-state index < -0.39 is 11.9 Å². The molecule has 1 aromatic heterocycles. The summed E-state index contributed by atoms with van der Waals surface area (Å²) in [5, 5.41) is 1.15. The Kier molecular flexibility index (Phi) is 6.11. The number of hydrogen-bond acceptors (Lipinski definition) is 6. The minimum atomic E-state index is -0.503. The van der Waals surface area contributed by atoms with E-state index >= 15 is 0 Å². The molecule has 1 atom stereocenters. The Hall–Kier alpha value is -3.94. The van der Waals surface area contributed by atoms with Crippen LogP contribution in [-0.2, 0) is 14.3 Å². The van der Waals surface area contributed by atoms with Crippen LogP contribution in [-0.4, -0.2) is 67.5 Å². The number of anilines is 2. The maximum absolute atomic E-state index is 13.3. The molecular weight excluding hydrogens is 444 g/mol. The molecule has 2 aromatic carbocycles. The highest BCUT2D eigenvalue weighted by Crippen LogP contribution is 2.30. The minimum absolute atomic E-state index is 0.0151. The number of fused-ring (bicyclic) bond motifs is 1. The Labute approximate surface area is 204 Å². The van der Waals surface area contributed by atoms with E-state index in [9.17, 15) is 14.4 Å². The molecule has 0 bridgehead atoms. The SMILES string of the molecule is COC(=O)c1ccccc1N1CC(C(=O)N2CCN(c3cc(C)c4ccccc4n3)CC2)CC1=O. The van der Waals surface area contributed by atoms with Gasteiger partial charge in [0.25, 0.3) is 0 Å². The maximum atomic E-state index is 13.3. The number of aromatic nitrogens is 1. The van der Waals surface area contributed by atoms with E-state index in [1.807, 2.05) is 23.1 Å². The molecule has 1 unspecified atom stereocenters. The number of amides is 2. The van der Waals surface area contributed by atoms with Crippen molar-refractivity contribution in [2.24, 2.45) is 5.92 Å². The van der Waals surface area contributed by atoms with Gasteiger partial charge in [-0.1, -0.05) is 30.3 Å². The van der Waals surface area contributed by atoms with Crippen molar-refractivity contribution in [2.75, 3.05) is 49.6 Å². The van der Waals surface area contributed by atoms with Crippen LogP contribution in [0.4, 0.5) is 11.5 Å². The van der Waals surface area contributed by atoms with Gasteiger partial charge in [0, 0.05) is 44.5 Å². The van der Waals surface area contributed by atoms with Gasteiger partial charge in [-0.3, -0.25) is 9.59 Å². The summed E-state index contributed by atoms with van der Waals surface area (Å²) in [5.74, 6) is -0.180. The Morgan fingerprint density at radius 3 is 2.49 bits per heavy atom. The molecule has 2 aliphatic heterocycles. The van der Waals surface area contributed by atoms with Crippen LogP contribution in [0.2, 0.25) is 0 Å². The first-order valence-electron chi connectivity index (χ1n) is 11.8. The Balaban J connectivity index is 1.25. The van der Waals surface area contributed by atoms with Crippen LogP contribution in [0, 0.1) is 12.8 Å². The van der Waals surface area contributed by atoms with Gasteiger partial charge in [0.2, 0.25) is 11.8 Å². The number of pyridine rings is 1. The predicted molar refractivity (Wildman–Crippen MR) is 134 cm³/mol. The largest absolute Gasteiger partial charge is 0.465 e. The van der Waals surface area contributed by atoms with Crippen molar-refractivity contribution < 1.29 is 19.1 Å². The van der Waals surface area contributed by atoms with Gasteiger partial charge in [0.05, 0.1) is 29.8 Å². The number of aryl methyl sites for hydroxylation is 1. The van der Waals surface area contributed by atoms with E-state index in [-0.39, 0.29) is 24.8 Å². The average molecular weight is 473 g/mol. The standard InChI is InChI=1S/C27H28N4O4/c1-18-15-24(28-22-9-5-3-7-20(18)22)29-11-13-30(14-12-29)26(33)19-16-25(32)31(17-19)23-10-6-4-8-21(23)27(34)35-2/h3-10,15,19H,11-14,16-17H2,1-2H3. The number of para-hydroxylation sites is 2. The van der Waals surface area contributed by atoms with Gasteiger partial charge < -0.3 is 19.4 Å². The smallest absolute Gasteiger partial charge is 0.339 e. The molecule has 8 heteroatoms. The number of carbonyl (C=O) groups is 3. The van der Waals surface area contributed by atoms with Gasteiger partial charge in [-0.15, -0.1) is 0 Å². The third-order valence-electron chi connectivity index (χ3n) is 6.90. The van der Waals surface area contributed by atoms with Crippen molar-refractivity contribution in [3.8, 4) is 0 Å². The minimum Gasteiger partial charge on any atom is -0.465 e. The van der Waals surface area contributed by atoms with E-state index in [0.717, 1.165) is 16.7 Å². The molecule has 8 nitrogen and oxygen atoms in total. The van der Waals surface area contributed by atoms with Gasteiger partial charge in [-0.2, -0.15) is 0 Å². The summed E-state index contributed by atoms with van der Waals surface area (Å²) in [6.45, 7) is 4.88. The number of esters is 1. The molecule has 2 aliphatic rings. The maximum Gasteiger partial charge on any atom is 0.339 e. The van der Waals surface area contributed by atoms with Crippen LogP contribution in [0.15, 0.2) is 54.6 Å². The van der Waals surface area contributed by atoms with Crippen LogP contribution in [0.25, 0.3) is 10.9 Å². The van der Waals surface area contributed by atoms with Crippen molar-refractivity contribution in [3.63, 3.8) is 0 Å². The number of ether oxygens (including phenoxy) is 1. The summed E-state index contributed by atoms with van der Waals surface area (Å²) in [7, 11) is 1.31. The molecule has 5 rings (SSSR count). The zero-order valence-corrected chi connectivity index (χ0v) is 19.9. The molecule has 2 saturated heterocycles. The lowest BCUT2D eigenvalue weighted by Gasteiger charge is -2.36. The Morgan fingerprint density at radius 1 is 1.00 bits per heavy atom. The summed E-state index contributed by atoms with van der Waals surface area (Å²) in [4.78, 5) is 48.7. The van der Waals surface area contributed by atoms with E-state index in [4.69, 9.17) is 9.72 Å². The van der Waals surface area contributed by atoms with Crippen molar-refractivity contribution in [1.29, 1.82) is 0 Å².